The smallest absolute Gasteiger partial charge is 0.338 e. The molecule has 2 aromatic rings. The van der Waals surface area contributed by atoms with E-state index < -0.39 is 29.5 Å². The van der Waals surface area contributed by atoms with Gasteiger partial charge in [-0.25, -0.2) is 22.9 Å². The molecule has 1 saturated heterocycles. The van der Waals surface area contributed by atoms with E-state index >= 15 is 0 Å². The number of esters is 1. The Hall–Kier alpha value is -2.76. The second kappa shape index (κ2) is 10.2. The Morgan fingerprint density at radius 3 is 2.62 bits per heavy atom. The minimum Gasteiger partial charge on any atom is -0.466 e. The van der Waals surface area contributed by atoms with Crippen LogP contribution in [0.3, 0.4) is 0 Å². The number of rotatable bonds is 5. The quantitative estimate of drug-likeness (QED) is 0.568. The Labute approximate surface area is 202 Å². The van der Waals surface area contributed by atoms with E-state index in [0.29, 0.717) is 47.7 Å². The number of halogens is 4. The number of amidine groups is 1. The molecular weight excluding hydrogens is 517 g/mol. The Bertz CT molecular complexity index is 1170. The lowest BCUT2D eigenvalue weighted by atomic mass is 9.94. The van der Waals surface area contributed by atoms with Crippen LogP contribution in [-0.2, 0) is 9.53 Å². The number of aliphatic imine (C=N–C) groups is 1. The molecule has 0 amide bonds. The van der Waals surface area contributed by atoms with Crippen molar-refractivity contribution in [2.75, 3.05) is 26.7 Å². The number of nitrogens with zero attached hydrogens (tertiary/aromatic N) is 3. The summed E-state index contributed by atoms with van der Waals surface area (Å²) in [5, 5.41) is 12.8. The number of hydrogen-bond acceptors (Lipinski definition) is 7. The third-order valence-corrected chi connectivity index (χ3v) is 6.45. The predicted octanol–water partition coefficient (Wildman–Crippen LogP) is 3.24. The first-order valence-corrected chi connectivity index (χ1v) is 11.4. The first-order chi connectivity index (χ1) is 16.3. The fraction of sp³-hybridized carbons (Fsp3) is 0.348. The highest BCUT2D eigenvalue weighted by Crippen LogP contribution is 2.37. The van der Waals surface area contributed by atoms with Gasteiger partial charge < -0.3 is 15.2 Å². The molecule has 0 radical (unpaired) electrons. The molecule has 1 aromatic carbocycles. The first kappa shape index (κ1) is 24.4. The zero-order chi connectivity index (χ0) is 24.4. The van der Waals surface area contributed by atoms with Gasteiger partial charge in [-0.1, -0.05) is 22.0 Å². The summed E-state index contributed by atoms with van der Waals surface area (Å²) in [6.07, 6.45) is 1.63. The molecule has 0 saturated carbocycles. The van der Waals surface area contributed by atoms with Gasteiger partial charge >= 0.3 is 5.97 Å². The summed E-state index contributed by atoms with van der Waals surface area (Å²) in [5.74, 6) is -2.91. The molecule has 2 aliphatic rings. The summed E-state index contributed by atoms with van der Waals surface area (Å²) in [6, 6.07) is 3.66. The Morgan fingerprint density at radius 2 is 1.97 bits per heavy atom. The van der Waals surface area contributed by atoms with Gasteiger partial charge in [-0.05, 0) is 30.5 Å². The third kappa shape index (κ3) is 5.16. The van der Waals surface area contributed by atoms with Gasteiger partial charge in [0.05, 0.1) is 25.0 Å². The fourth-order valence-corrected chi connectivity index (χ4v) is 4.60. The van der Waals surface area contributed by atoms with E-state index in [4.69, 9.17) is 4.74 Å². The maximum absolute atomic E-state index is 14.6. The summed E-state index contributed by atoms with van der Waals surface area (Å²) in [4.78, 5) is 23.3. The van der Waals surface area contributed by atoms with Gasteiger partial charge in [0.25, 0.3) is 0 Å². The number of pyridine rings is 1. The molecule has 1 fully saturated rings. The maximum atomic E-state index is 14.6. The minimum atomic E-state index is -0.977. The van der Waals surface area contributed by atoms with Crippen molar-refractivity contribution in [3.63, 3.8) is 0 Å². The number of ether oxygens (including phenoxy) is 1. The molecule has 34 heavy (non-hydrogen) atoms. The topological polar surface area (TPSA) is 87.0 Å². The maximum Gasteiger partial charge on any atom is 0.338 e. The van der Waals surface area contributed by atoms with Crippen LogP contribution in [0.25, 0.3) is 0 Å². The number of nitrogens with one attached hydrogen (secondary N) is 1. The van der Waals surface area contributed by atoms with Gasteiger partial charge in [-0.2, -0.15) is 0 Å². The number of carbonyl (C=O) groups is 1. The average Bonchev–Trinajstić information content (AvgIpc) is 2.80. The molecule has 0 aliphatic carbocycles. The van der Waals surface area contributed by atoms with Gasteiger partial charge in [0.1, 0.15) is 23.4 Å². The first-order valence-electron chi connectivity index (χ1n) is 10.6. The summed E-state index contributed by atoms with van der Waals surface area (Å²) >= 11 is 3.32. The lowest BCUT2D eigenvalue weighted by molar-refractivity contribution is -0.136. The molecule has 2 aliphatic heterocycles. The molecule has 2 N–H and O–H groups in total. The summed E-state index contributed by atoms with van der Waals surface area (Å²) in [6.45, 7) is 1.43. The van der Waals surface area contributed by atoms with E-state index in [2.05, 4.69) is 31.2 Å². The van der Waals surface area contributed by atoms with Crippen LogP contribution in [0.1, 0.15) is 30.1 Å². The number of carbonyl (C=O) groups excluding carboxylic acids is 1. The van der Waals surface area contributed by atoms with Gasteiger partial charge in [0.15, 0.2) is 11.7 Å². The molecule has 1 atom stereocenters. The lowest BCUT2D eigenvalue weighted by Crippen LogP contribution is -2.43. The van der Waals surface area contributed by atoms with Crippen molar-refractivity contribution >= 4 is 27.7 Å². The number of hydrogen-bond donors (Lipinski definition) is 2. The van der Waals surface area contributed by atoms with Crippen LogP contribution >= 0.6 is 15.9 Å². The molecule has 4 rings (SSSR count). The molecule has 7 nitrogen and oxygen atoms in total. The van der Waals surface area contributed by atoms with E-state index in [1.54, 1.807) is 0 Å². The number of benzene rings is 1. The summed E-state index contributed by atoms with van der Waals surface area (Å²) in [5.41, 5.74) is 0.808. The fourth-order valence-electron chi connectivity index (χ4n) is 4.03. The molecular formula is C23H22BrF3N4O3. The Balaban J connectivity index is 1.83. The van der Waals surface area contributed by atoms with Crippen molar-refractivity contribution < 1.29 is 27.8 Å². The van der Waals surface area contributed by atoms with E-state index in [9.17, 15) is 23.1 Å². The summed E-state index contributed by atoms with van der Waals surface area (Å²) in [7, 11) is 1.24. The zero-order valence-electron chi connectivity index (χ0n) is 18.2. The van der Waals surface area contributed by atoms with Crippen LogP contribution in [0.2, 0.25) is 0 Å². The predicted molar refractivity (Wildman–Crippen MR) is 121 cm³/mol. The summed E-state index contributed by atoms with van der Waals surface area (Å²) < 4.78 is 47.3. The number of aliphatic hydroxyl groups excluding tert-OH is 1. The largest absolute Gasteiger partial charge is 0.466 e. The zero-order valence-corrected chi connectivity index (χ0v) is 19.8. The molecule has 3 heterocycles. The second-order valence-corrected chi connectivity index (χ2v) is 8.90. The molecule has 0 bridgehead atoms. The van der Waals surface area contributed by atoms with E-state index in [0.717, 1.165) is 6.20 Å². The van der Waals surface area contributed by atoms with Crippen molar-refractivity contribution in [1.29, 1.82) is 0 Å². The van der Waals surface area contributed by atoms with Crippen molar-refractivity contribution in [2.45, 2.75) is 25.0 Å². The van der Waals surface area contributed by atoms with Crippen molar-refractivity contribution in [3.05, 3.63) is 74.9 Å². The van der Waals surface area contributed by atoms with Crippen LogP contribution in [0, 0.1) is 17.5 Å². The van der Waals surface area contributed by atoms with Crippen LogP contribution in [0.4, 0.5) is 13.2 Å². The van der Waals surface area contributed by atoms with Gasteiger partial charge in [0.2, 0.25) is 0 Å². The molecule has 11 heteroatoms. The van der Waals surface area contributed by atoms with Crippen LogP contribution < -0.4 is 5.32 Å². The number of methoxy groups -OCH3 is 1. The SMILES string of the molecule is COC(=O)C1=C(CN2CCC(O)CC2)NC(c2ncc(F)cc2F)=NC1c1ccc(F)cc1Br. The van der Waals surface area contributed by atoms with E-state index in [-0.39, 0.29) is 29.8 Å². The molecule has 0 spiro atoms. The van der Waals surface area contributed by atoms with E-state index in [1.807, 2.05) is 4.90 Å². The lowest BCUT2D eigenvalue weighted by Gasteiger charge is -2.33. The van der Waals surface area contributed by atoms with Crippen molar-refractivity contribution in [2.24, 2.45) is 4.99 Å². The van der Waals surface area contributed by atoms with E-state index in [1.165, 1.54) is 25.3 Å². The number of aromatic nitrogens is 1. The van der Waals surface area contributed by atoms with Crippen molar-refractivity contribution in [3.8, 4) is 0 Å². The monoisotopic (exact) mass is 538 g/mol. The van der Waals surface area contributed by atoms with Crippen LogP contribution in [-0.4, -0.2) is 59.6 Å². The van der Waals surface area contributed by atoms with Crippen LogP contribution in [0.5, 0.6) is 0 Å². The minimum absolute atomic E-state index is 0.00146. The Morgan fingerprint density at radius 1 is 1.24 bits per heavy atom. The standard InChI is InChI=1S/C23H22BrF3N4O3/c1-34-23(33)19-18(11-31-6-4-14(32)5-7-31)29-22(21-17(27)9-13(26)10-28-21)30-20(19)15-3-2-12(25)8-16(15)24/h2-3,8-10,14,20,32H,4-7,11H2,1H3,(H,29,30). The molecule has 180 valence electrons. The average molecular weight is 539 g/mol. The highest BCUT2D eigenvalue weighted by Gasteiger charge is 2.35. The number of aliphatic hydroxyl groups is 1. The van der Waals surface area contributed by atoms with Crippen molar-refractivity contribution in [1.82, 2.24) is 15.2 Å². The number of likely N-dealkylation sites (tertiary alicyclic amines) is 1. The highest BCUT2D eigenvalue weighted by molar-refractivity contribution is 9.10. The number of piperidine rings is 1. The molecule has 1 aromatic heterocycles. The third-order valence-electron chi connectivity index (χ3n) is 5.76. The second-order valence-electron chi connectivity index (χ2n) is 8.05. The molecule has 1 unspecified atom stereocenters. The van der Waals surface area contributed by atoms with Gasteiger partial charge in [0, 0.05) is 35.9 Å². The Kier molecular flexibility index (Phi) is 7.34. The normalized spacial score (nSPS) is 19.6. The highest BCUT2D eigenvalue weighted by atomic mass is 79.9. The van der Waals surface area contributed by atoms with Crippen LogP contribution in [0.15, 0.2) is 51.2 Å². The van der Waals surface area contributed by atoms with Gasteiger partial charge in [-0.15, -0.1) is 0 Å². The van der Waals surface area contributed by atoms with Gasteiger partial charge in [-0.3, -0.25) is 9.89 Å².